The van der Waals surface area contributed by atoms with Crippen LogP contribution in [0.15, 0.2) is 45.8 Å². The van der Waals surface area contributed by atoms with Crippen LogP contribution in [-0.4, -0.2) is 26.8 Å². The first-order valence-corrected chi connectivity index (χ1v) is 8.64. The fourth-order valence-electron chi connectivity index (χ4n) is 2.42. The highest BCUT2D eigenvalue weighted by Crippen LogP contribution is 2.42. The van der Waals surface area contributed by atoms with Gasteiger partial charge in [0.1, 0.15) is 29.0 Å². The van der Waals surface area contributed by atoms with Crippen molar-refractivity contribution in [3.63, 3.8) is 0 Å². The minimum absolute atomic E-state index is 0.0274. The van der Waals surface area contributed by atoms with E-state index in [1.54, 1.807) is 24.3 Å². The summed E-state index contributed by atoms with van der Waals surface area (Å²) >= 11 is 0. The lowest BCUT2D eigenvalue weighted by atomic mass is 10.2. The van der Waals surface area contributed by atoms with Crippen LogP contribution in [0.25, 0.3) is 10.9 Å². The van der Waals surface area contributed by atoms with Crippen molar-refractivity contribution in [1.82, 2.24) is 5.16 Å². The third-order valence-electron chi connectivity index (χ3n) is 3.61. The number of hydrogen-bond donors (Lipinski definition) is 0. The van der Waals surface area contributed by atoms with Crippen LogP contribution in [0.3, 0.4) is 0 Å². The predicted molar refractivity (Wildman–Crippen MR) is 84.0 cm³/mol. The molecule has 124 valence electrons. The van der Waals surface area contributed by atoms with Gasteiger partial charge in [0.25, 0.3) is 0 Å². The van der Waals surface area contributed by atoms with Gasteiger partial charge in [-0.3, -0.25) is 0 Å². The summed E-state index contributed by atoms with van der Waals surface area (Å²) in [5.74, 6) is 0.622. The molecule has 8 heteroatoms. The quantitative estimate of drug-likeness (QED) is 0.673. The molecule has 24 heavy (non-hydrogen) atoms. The Bertz CT molecular complexity index is 1010. The summed E-state index contributed by atoms with van der Waals surface area (Å²) < 4.78 is 46.2. The van der Waals surface area contributed by atoms with Gasteiger partial charge in [-0.1, -0.05) is 22.9 Å². The van der Waals surface area contributed by atoms with Crippen LogP contribution in [0.4, 0.5) is 0 Å². The maximum atomic E-state index is 12.4. The van der Waals surface area contributed by atoms with Crippen molar-refractivity contribution >= 4 is 21.0 Å². The molecular weight excluding hydrogens is 334 g/mol. The molecule has 0 N–H and O–H groups in total. The van der Waals surface area contributed by atoms with Crippen LogP contribution < -0.4 is 13.7 Å². The van der Waals surface area contributed by atoms with Crippen molar-refractivity contribution in [2.75, 3.05) is 13.2 Å². The Morgan fingerprint density at radius 3 is 2.58 bits per heavy atom. The Labute approximate surface area is 137 Å². The van der Waals surface area contributed by atoms with E-state index in [1.165, 1.54) is 12.1 Å². The highest BCUT2D eigenvalue weighted by molar-refractivity contribution is 7.87. The minimum atomic E-state index is -4.05. The first-order valence-electron chi connectivity index (χ1n) is 7.24. The molecule has 0 saturated carbocycles. The van der Waals surface area contributed by atoms with E-state index in [4.69, 9.17) is 18.2 Å². The van der Waals surface area contributed by atoms with E-state index in [-0.39, 0.29) is 10.8 Å². The molecule has 0 spiro atoms. The van der Waals surface area contributed by atoms with Gasteiger partial charge in [-0.05, 0) is 31.2 Å². The first kappa shape index (κ1) is 14.8. The van der Waals surface area contributed by atoms with Crippen LogP contribution >= 0.6 is 0 Å². The number of rotatable bonds is 3. The summed E-state index contributed by atoms with van der Waals surface area (Å²) in [4.78, 5) is 0.0274. The van der Waals surface area contributed by atoms with Crippen molar-refractivity contribution in [3.05, 3.63) is 42.0 Å². The van der Waals surface area contributed by atoms with Gasteiger partial charge in [-0.25, -0.2) is 0 Å². The Morgan fingerprint density at radius 2 is 1.79 bits per heavy atom. The van der Waals surface area contributed by atoms with E-state index < -0.39 is 10.1 Å². The van der Waals surface area contributed by atoms with Gasteiger partial charge in [0.15, 0.2) is 11.5 Å². The molecule has 1 aromatic heterocycles. The van der Waals surface area contributed by atoms with Crippen LogP contribution in [0.2, 0.25) is 0 Å². The Morgan fingerprint density at radius 1 is 1.04 bits per heavy atom. The maximum absolute atomic E-state index is 12.4. The zero-order valence-electron chi connectivity index (χ0n) is 12.7. The largest absolute Gasteiger partial charge is 0.486 e. The van der Waals surface area contributed by atoms with Crippen molar-refractivity contribution in [1.29, 1.82) is 0 Å². The van der Waals surface area contributed by atoms with E-state index >= 15 is 0 Å². The van der Waals surface area contributed by atoms with Crippen molar-refractivity contribution < 1.29 is 26.6 Å². The van der Waals surface area contributed by atoms with E-state index in [0.29, 0.717) is 35.6 Å². The molecule has 0 bridgehead atoms. The zero-order valence-corrected chi connectivity index (χ0v) is 13.5. The lowest BCUT2D eigenvalue weighted by molar-refractivity contribution is 0.173. The number of nitrogens with zero attached hydrogens (tertiary/aromatic N) is 1. The van der Waals surface area contributed by atoms with E-state index in [2.05, 4.69) is 5.16 Å². The summed E-state index contributed by atoms with van der Waals surface area (Å²) in [6, 6.07) is 9.66. The number of ether oxygens (including phenoxy) is 2. The lowest BCUT2D eigenvalue weighted by Gasteiger charge is -2.18. The Balaban J connectivity index is 1.78. The van der Waals surface area contributed by atoms with Crippen molar-refractivity contribution in [2.24, 2.45) is 0 Å². The predicted octanol–water partition coefficient (Wildman–Crippen LogP) is 2.68. The standard InChI is InChI=1S/C16H13NO6S/c1-10-2-4-11(5-3-10)24(18,19)23-16-14-12(17-22-16)6-7-13-15(14)21-9-8-20-13/h2-7H,8-9H2,1H3. The van der Waals surface area contributed by atoms with Gasteiger partial charge in [-0.15, -0.1) is 0 Å². The van der Waals surface area contributed by atoms with Crippen LogP contribution in [0.1, 0.15) is 5.56 Å². The molecule has 1 aliphatic rings. The number of benzene rings is 2. The summed E-state index contributed by atoms with van der Waals surface area (Å²) in [6.45, 7) is 2.63. The second kappa shape index (κ2) is 5.41. The topological polar surface area (TPSA) is 87.9 Å². The summed E-state index contributed by atoms with van der Waals surface area (Å²) in [7, 11) is -4.05. The molecule has 2 aromatic carbocycles. The van der Waals surface area contributed by atoms with Gasteiger partial charge < -0.3 is 18.2 Å². The average molecular weight is 347 g/mol. The van der Waals surface area contributed by atoms with Crippen molar-refractivity contribution in [2.45, 2.75) is 11.8 Å². The highest BCUT2D eigenvalue weighted by atomic mass is 32.2. The summed E-state index contributed by atoms with van der Waals surface area (Å²) in [5.41, 5.74) is 1.37. The van der Waals surface area contributed by atoms with Gasteiger partial charge >= 0.3 is 16.1 Å². The van der Waals surface area contributed by atoms with E-state index in [0.717, 1.165) is 5.56 Å². The monoisotopic (exact) mass is 347 g/mol. The maximum Gasteiger partial charge on any atom is 0.341 e. The third kappa shape index (κ3) is 2.44. The van der Waals surface area contributed by atoms with Gasteiger partial charge in [0.2, 0.25) is 0 Å². The molecule has 1 aliphatic heterocycles. The molecule has 0 amide bonds. The second-order valence-electron chi connectivity index (χ2n) is 5.30. The number of hydrogen-bond acceptors (Lipinski definition) is 7. The number of aryl methyl sites for hydroxylation is 1. The fraction of sp³-hybridized carbons (Fsp3) is 0.188. The number of fused-ring (bicyclic) bond motifs is 3. The van der Waals surface area contributed by atoms with Gasteiger partial charge in [0, 0.05) is 0 Å². The molecule has 0 saturated heterocycles. The summed E-state index contributed by atoms with van der Waals surface area (Å²) in [6.07, 6.45) is 0. The Kier molecular flexibility index (Phi) is 3.34. The molecule has 0 fully saturated rings. The van der Waals surface area contributed by atoms with Crippen LogP contribution in [-0.2, 0) is 10.1 Å². The smallest absolute Gasteiger partial charge is 0.341 e. The molecule has 0 atom stereocenters. The second-order valence-corrected chi connectivity index (χ2v) is 6.85. The van der Waals surface area contributed by atoms with Crippen molar-refractivity contribution in [3.8, 4) is 17.4 Å². The van der Waals surface area contributed by atoms with Crippen LogP contribution in [0, 0.1) is 6.92 Å². The fourth-order valence-corrected chi connectivity index (χ4v) is 3.30. The molecule has 0 unspecified atom stereocenters. The number of aromatic nitrogens is 1. The highest BCUT2D eigenvalue weighted by Gasteiger charge is 2.26. The normalized spacial score (nSPS) is 13.9. The van der Waals surface area contributed by atoms with Crippen LogP contribution in [0.5, 0.6) is 17.4 Å². The third-order valence-corrected chi connectivity index (χ3v) is 4.83. The van der Waals surface area contributed by atoms with E-state index in [9.17, 15) is 8.42 Å². The summed E-state index contributed by atoms with van der Waals surface area (Å²) in [5, 5.41) is 4.15. The lowest BCUT2D eigenvalue weighted by Crippen LogP contribution is -2.15. The zero-order chi connectivity index (χ0) is 16.7. The minimum Gasteiger partial charge on any atom is -0.486 e. The molecule has 2 heterocycles. The molecular formula is C16H13NO6S. The Hall–Kier alpha value is -2.74. The molecule has 3 aromatic rings. The molecule has 0 radical (unpaired) electrons. The molecule has 0 aliphatic carbocycles. The average Bonchev–Trinajstić information content (AvgIpc) is 2.98. The van der Waals surface area contributed by atoms with E-state index in [1.807, 2.05) is 6.92 Å². The first-order chi connectivity index (χ1) is 11.5. The van der Waals surface area contributed by atoms with Gasteiger partial charge in [0.05, 0.1) is 0 Å². The molecule has 7 nitrogen and oxygen atoms in total. The molecule has 4 rings (SSSR count). The SMILES string of the molecule is Cc1ccc(S(=O)(=O)Oc2onc3ccc4c(c23)OCCO4)cc1. The van der Waals surface area contributed by atoms with Gasteiger partial charge in [-0.2, -0.15) is 8.42 Å².